The van der Waals surface area contributed by atoms with Gasteiger partial charge in [-0.1, -0.05) is 26.2 Å². The first-order valence-corrected chi connectivity index (χ1v) is 4.92. The molecule has 0 radical (unpaired) electrons. The number of hydrogen-bond acceptors (Lipinski definition) is 0. The van der Waals surface area contributed by atoms with E-state index in [4.69, 9.17) is 11.6 Å². The summed E-state index contributed by atoms with van der Waals surface area (Å²) in [5.41, 5.74) is 0. The van der Waals surface area contributed by atoms with Crippen molar-refractivity contribution in [1.82, 2.24) is 0 Å². The van der Waals surface area contributed by atoms with Gasteiger partial charge in [-0.25, -0.2) is 0 Å². The lowest BCUT2D eigenvalue weighted by molar-refractivity contribution is 0.604. The fraction of sp³-hybridized carbons (Fsp3) is 1.00. The molecule has 0 aromatic heterocycles. The Morgan fingerprint density at radius 3 is 2.60 bits per heavy atom. The van der Waals surface area contributed by atoms with E-state index in [1.54, 1.807) is 0 Å². The maximum Gasteiger partial charge on any atom is 0.0364 e. The van der Waals surface area contributed by atoms with Crippen LogP contribution in [0, 0.1) is 5.92 Å². The molecule has 0 bridgehead atoms. The third-order valence-corrected chi connectivity index (χ3v) is 2.79. The Hall–Kier alpha value is 0.290. The summed E-state index contributed by atoms with van der Waals surface area (Å²) < 4.78 is 0. The summed E-state index contributed by atoms with van der Waals surface area (Å²) in [6.45, 7) is 2.24. The molecular weight excluding hydrogens is 144 g/mol. The lowest BCUT2D eigenvalue weighted by atomic mass is 10.1. The zero-order chi connectivity index (χ0) is 7.40. The number of hydrogen-bond donors (Lipinski definition) is 0. The van der Waals surface area contributed by atoms with Crippen LogP contribution in [0.2, 0.25) is 0 Å². The fourth-order valence-electron chi connectivity index (χ4n) is 1.28. The van der Waals surface area contributed by atoms with Gasteiger partial charge in [0, 0.05) is 5.38 Å². The first kappa shape index (κ1) is 8.39. The molecule has 60 valence electrons. The molecule has 0 nitrogen and oxygen atoms in total. The number of halogens is 1. The van der Waals surface area contributed by atoms with Crippen molar-refractivity contribution in [3.63, 3.8) is 0 Å². The van der Waals surface area contributed by atoms with Gasteiger partial charge in [-0.2, -0.15) is 0 Å². The summed E-state index contributed by atoms with van der Waals surface area (Å²) in [4.78, 5) is 0. The largest absolute Gasteiger partial charge is 0.123 e. The van der Waals surface area contributed by atoms with E-state index in [1.165, 1.54) is 38.5 Å². The third-order valence-electron chi connectivity index (χ3n) is 2.22. The monoisotopic (exact) mass is 160 g/mol. The molecular formula is C9H17Cl. The van der Waals surface area contributed by atoms with Gasteiger partial charge >= 0.3 is 0 Å². The molecule has 0 aromatic carbocycles. The third kappa shape index (κ3) is 2.92. The van der Waals surface area contributed by atoms with E-state index in [2.05, 4.69) is 6.92 Å². The van der Waals surface area contributed by atoms with Crippen LogP contribution in [0.1, 0.15) is 45.4 Å². The first-order valence-electron chi connectivity index (χ1n) is 4.48. The lowest BCUT2D eigenvalue weighted by Gasteiger charge is -2.05. The van der Waals surface area contributed by atoms with Gasteiger partial charge in [-0.15, -0.1) is 11.6 Å². The van der Waals surface area contributed by atoms with E-state index in [1.807, 2.05) is 0 Å². The van der Waals surface area contributed by atoms with Crippen molar-refractivity contribution in [2.45, 2.75) is 50.8 Å². The maximum absolute atomic E-state index is 6.11. The smallest absolute Gasteiger partial charge is 0.0364 e. The molecule has 1 saturated carbocycles. The Labute approximate surface area is 69.0 Å². The SMILES string of the molecule is CCCCCC(Cl)C1CC1. The summed E-state index contributed by atoms with van der Waals surface area (Å²) in [5, 5.41) is 0.506. The van der Waals surface area contributed by atoms with E-state index < -0.39 is 0 Å². The Bertz CT molecular complexity index is 86.7. The van der Waals surface area contributed by atoms with Crippen LogP contribution in [-0.4, -0.2) is 5.38 Å². The second kappa shape index (κ2) is 4.23. The molecule has 1 fully saturated rings. The van der Waals surface area contributed by atoms with Crippen LogP contribution in [0.25, 0.3) is 0 Å². The molecule has 1 unspecified atom stereocenters. The van der Waals surface area contributed by atoms with Gasteiger partial charge in [0.25, 0.3) is 0 Å². The highest BCUT2D eigenvalue weighted by molar-refractivity contribution is 6.20. The summed E-state index contributed by atoms with van der Waals surface area (Å²) in [7, 11) is 0. The predicted octanol–water partition coefficient (Wildman–Crippen LogP) is 3.58. The molecule has 0 N–H and O–H groups in total. The van der Waals surface area contributed by atoms with Gasteiger partial charge in [-0.3, -0.25) is 0 Å². The summed E-state index contributed by atoms with van der Waals surface area (Å²) >= 11 is 6.11. The average Bonchev–Trinajstić information content (AvgIpc) is 2.69. The number of alkyl halides is 1. The average molecular weight is 161 g/mol. The van der Waals surface area contributed by atoms with Crippen molar-refractivity contribution in [2.75, 3.05) is 0 Å². The zero-order valence-electron chi connectivity index (χ0n) is 6.78. The van der Waals surface area contributed by atoms with E-state index in [9.17, 15) is 0 Å². The van der Waals surface area contributed by atoms with E-state index in [0.29, 0.717) is 5.38 Å². The van der Waals surface area contributed by atoms with Crippen LogP contribution in [0.4, 0.5) is 0 Å². The van der Waals surface area contributed by atoms with E-state index in [0.717, 1.165) is 5.92 Å². The van der Waals surface area contributed by atoms with Gasteiger partial charge in [0.05, 0.1) is 0 Å². The molecule has 0 amide bonds. The highest BCUT2D eigenvalue weighted by Crippen LogP contribution is 2.37. The summed E-state index contributed by atoms with van der Waals surface area (Å²) in [5.74, 6) is 0.888. The number of rotatable bonds is 5. The van der Waals surface area contributed by atoms with Crippen molar-refractivity contribution in [2.24, 2.45) is 5.92 Å². The molecule has 0 aromatic rings. The van der Waals surface area contributed by atoms with E-state index >= 15 is 0 Å². The minimum absolute atomic E-state index is 0.506. The van der Waals surface area contributed by atoms with Crippen LogP contribution in [0.15, 0.2) is 0 Å². The molecule has 1 aliphatic rings. The van der Waals surface area contributed by atoms with Gasteiger partial charge in [0.1, 0.15) is 0 Å². The predicted molar refractivity (Wildman–Crippen MR) is 46.5 cm³/mol. The fourth-order valence-corrected chi connectivity index (χ4v) is 1.69. The Morgan fingerprint density at radius 1 is 1.40 bits per heavy atom. The van der Waals surface area contributed by atoms with Crippen LogP contribution in [-0.2, 0) is 0 Å². The standard InChI is InChI=1S/C9H17Cl/c1-2-3-4-5-9(10)8-6-7-8/h8-9H,2-7H2,1H3. The van der Waals surface area contributed by atoms with Crippen molar-refractivity contribution >= 4 is 11.6 Å². The zero-order valence-corrected chi connectivity index (χ0v) is 7.53. The molecule has 0 spiro atoms. The van der Waals surface area contributed by atoms with E-state index in [-0.39, 0.29) is 0 Å². The molecule has 10 heavy (non-hydrogen) atoms. The van der Waals surface area contributed by atoms with Crippen molar-refractivity contribution in [3.05, 3.63) is 0 Å². The van der Waals surface area contributed by atoms with Gasteiger partial charge in [0.2, 0.25) is 0 Å². The summed E-state index contributed by atoms with van der Waals surface area (Å²) in [6.07, 6.45) is 8.03. The molecule has 1 atom stereocenters. The molecule has 0 saturated heterocycles. The first-order chi connectivity index (χ1) is 4.84. The second-order valence-electron chi connectivity index (χ2n) is 3.35. The maximum atomic E-state index is 6.11. The highest BCUT2D eigenvalue weighted by Gasteiger charge is 2.28. The van der Waals surface area contributed by atoms with Crippen molar-refractivity contribution in [3.8, 4) is 0 Å². The minimum atomic E-state index is 0.506. The van der Waals surface area contributed by atoms with Gasteiger partial charge in [-0.05, 0) is 25.2 Å². The van der Waals surface area contributed by atoms with Crippen LogP contribution < -0.4 is 0 Å². The number of unbranched alkanes of at least 4 members (excludes halogenated alkanes) is 2. The normalized spacial score (nSPS) is 21.0. The van der Waals surface area contributed by atoms with Crippen LogP contribution in [0.3, 0.4) is 0 Å². The van der Waals surface area contributed by atoms with Gasteiger partial charge in [0.15, 0.2) is 0 Å². The van der Waals surface area contributed by atoms with Gasteiger partial charge < -0.3 is 0 Å². The molecule has 1 rings (SSSR count). The molecule has 0 aliphatic heterocycles. The van der Waals surface area contributed by atoms with Crippen LogP contribution in [0.5, 0.6) is 0 Å². The molecule has 1 heteroatoms. The summed E-state index contributed by atoms with van der Waals surface area (Å²) in [6, 6.07) is 0. The van der Waals surface area contributed by atoms with Crippen molar-refractivity contribution in [1.29, 1.82) is 0 Å². The quantitative estimate of drug-likeness (QED) is 0.426. The Balaban J connectivity index is 1.90. The molecule has 0 heterocycles. The lowest BCUT2D eigenvalue weighted by Crippen LogP contribution is -1.99. The van der Waals surface area contributed by atoms with Crippen molar-refractivity contribution < 1.29 is 0 Å². The minimum Gasteiger partial charge on any atom is -0.123 e. The molecule has 1 aliphatic carbocycles. The Kier molecular flexibility index (Phi) is 3.55. The Morgan fingerprint density at radius 2 is 2.10 bits per heavy atom. The second-order valence-corrected chi connectivity index (χ2v) is 3.91. The topological polar surface area (TPSA) is 0 Å². The highest BCUT2D eigenvalue weighted by atomic mass is 35.5. The van der Waals surface area contributed by atoms with Crippen LogP contribution >= 0.6 is 11.6 Å².